The molecule has 0 saturated carbocycles. The van der Waals surface area contributed by atoms with Gasteiger partial charge in [-0.3, -0.25) is 4.79 Å². The van der Waals surface area contributed by atoms with Crippen LogP contribution in [0.2, 0.25) is 0 Å². The highest BCUT2D eigenvalue weighted by molar-refractivity contribution is 5.69. The number of hydrogen-bond acceptors (Lipinski definition) is 2. The molecule has 0 rings (SSSR count). The number of ether oxygens (including phenoxy) is 1. The molecular formula is C8H18NO2+. The lowest BCUT2D eigenvalue weighted by Crippen LogP contribution is -2.62. The molecule has 0 aromatic heterocycles. The number of methoxy groups -OCH3 is 1. The Hall–Kier alpha value is -0.570. The average Bonchev–Trinajstić information content (AvgIpc) is 1.85. The maximum absolute atomic E-state index is 10.7. The molecule has 0 amide bonds. The zero-order valence-electron chi connectivity index (χ0n) is 7.59. The topological polar surface area (TPSA) is 53.9 Å². The van der Waals surface area contributed by atoms with Gasteiger partial charge in [0.15, 0.2) is 0 Å². The van der Waals surface area contributed by atoms with Crippen molar-refractivity contribution in [3.63, 3.8) is 0 Å². The molecular weight excluding hydrogens is 142 g/mol. The fourth-order valence-corrected chi connectivity index (χ4v) is 1.07. The number of quaternary nitrogens is 1. The molecule has 0 spiro atoms. The first-order chi connectivity index (χ1) is 5.06. The van der Waals surface area contributed by atoms with Gasteiger partial charge in [0.25, 0.3) is 0 Å². The van der Waals surface area contributed by atoms with Crippen molar-refractivity contribution in [2.45, 2.75) is 32.7 Å². The van der Waals surface area contributed by atoms with Crippen LogP contribution in [0.15, 0.2) is 0 Å². The molecule has 0 fully saturated rings. The van der Waals surface area contributed by atoms with Gasteiger partial charge in [0.2, 0.25) is 0 Å². The van der Waals surface area contributed by atoms with E-state index in [0.29, 0.717) is 12.3 Å². The lowest BCUT2D eigenvalue weighted by atomic mass is 10.0. The van der Waals surface area contributed by atoms with E-state index in [2.05, 4.69) is 24.3 Å². The van der Waals surface area contributed by atoms with Gasteiger partial charge < -0.3 is 10.5 Å². The molecule has 0 heterocycles. The van der Waals surface area contributed by atoms with Crippen LogP contribution in [-0.2, 0) is 9.53 Å². The standard InChI is InChI=1S/C8H17NO2/c1-6(2)4-7(9)5-8(10)11-3/h6-7H,4-5,9H2,1-3H3/p+1. The molecule has 0 aliphatic carbocycles. The number of carbonyl (C=O) groups is 1. The number of carbonyl (C=O) groups excluding carboxylic acids is 1. The number of esters is 1. The van der Waals surface area contributed by atoms with Crippen molar-refractivity contribution in [3.8, 4) is 0 Å². The molecule has 3 nitrogen and oxygen atoms in total. The average molecular weight is 160 g/mol. The minimum atomic E-state index is -0.161. The van der Waals surface area contributed by atoms with Crippen molar-refractivity contribution in [1.29, 1.82) is 0 Å². The summed E-state index contributed by atoms with van der Waals surface area (Å²) in [7, 11) is 1.41. The summed E-state index contributed by atoms with van der Waals surface area (Å²) < 4.78 is 4.52. The molecule has 0 aliphatic rings. The van der Waals surface area contributed by atoms with Gasteiger partial charge in [-0.2, -0.15) is 0 Å². The zero-order valence-corrected chi connectivity index (χ0v) is 7.59. The SMILES string of the molecule is COC(=O)CC([NH3+])CC(C)C. The first-order valence-corrected chi connectivity index (χ1v) is 3.96. The Morgan fingerprint density at radius 2 is 2.09 bits per heavy atom. The molecule has 3 N–H and O–H groups in total. The van der Waals surface area contributed by atoms with Crippen molar-refractivity contribution >= 4 is 5.97 Å². The molecule has 0 aromatic rings. The van der Waals surface area contributed by atoms with Gasteiger partial charge in [0.1, 0.15) is 0 Å². The van der Waals surface area contributed by atoms with Gasteiger partial charge in [0, 0.05) is 6.42 Å². The van der Waals surface area contributed by atoms with Gasteiger partial charge in [-0.15, -0.1) is 0 Å². The van der Waals surface area contributed by atoms with E-state index in [1.54, 1.807) is 0 Å². The molecule has 11 heavy (non-hydrogen) atoms. The normalized spacial score (nSPS) is 13.2. The number of hydrogen-bond donors (Lipinski definition) is 1. The van der Waals surface area contributed by atoms with Crippen molar-refractivity contribution in [1.82, 2.24) is 0 Å². The Kier molecular flexibility index (Phi) is 4.86. The van der Waals surface area contributed by atoms with E-state index in [1.165, 1.54) is 7.11 Å². The van der Waals surface area contributed by atoms with Crippen LogP contribution in [0.25, 0.3) is 0 Å². The van der Waals surface area contributed by atoms with Gasteiger partial charge >= 0.3 is 5.97 Å². The van der Waals surface area contributed by atoms with Crippen LogP contribution < -0.4 is 5.73 Å². The van der Waals surface area contributed by atoms with E-state index in [1.807, 2.05) is 0 Å². The molecule has 0 radical (unpaired) electrons. The van der Waals surface area contributed by atoms with Crippen LogP contribution in [0.3, 0.4) is 0 Å². The largest absolute Gasteiger partial charge is 0.469 e. The minimum absolute atomic E-state index is 0.161. The summed E-state index contributed by atoms with van der Waals surface area (Å²) in [4.78, 5) is 10.7. The third-order valence-corrected chi connectivity index (χ3v) is 1.49. The minimum Gasteiger partial charge on any atom is -0.469 e. The van der Waals surface area contributed by atoms with Crippen LogP contribution in [0, 0.1) is 5.92 Å². The van der Waals surface area contributed by atoms with Crippen molar-refractivity contribution in [2.24, 2.45) is 5.92 Å². The van der Waals surface area contributed by atoms with E-state index in [-0.39, 0.29) is 12.0 Å². The Morgan fingerprint density at radius 3 is 2.45 bits per heavy atom. The highest BCUT2D eigenvalue weighted by Crippen LogP contribution is 2.04. The van der Waals surface area contributed by atoms with E-state index in [9.17, 15) is 4.79 Å². The summed E-state index contributed by atoms with van der Waals surface area (Å²) in [6.45, 7) is 4.24. The van der Waals surface area contributed by atoms with Crippen LogP contribution >= 0.6 is 0 Å². The summed E-state index contributed by atoms with van der Waals surface area (Å²) >= 11 is 0. The molecule has 0 bridgehead atoms. The summed E-state index contributed by atoms with van der Waals surface area (Å²) in [6, 6.07) is 0.197. The van der Waals surface area contributed by atoms with Crippen molar-refractivity contribution < 1.29 is 15.3 Å². The molecule has 0 aromatic carbocycles. The second-order valence-electron chi connectivity index (χ2n) is 3.28. The Morgan fingerprint density at radius 1 is 1.55 bits per heavy atom. The Labute approximate surface area is 67.9 Å². The highest BCUT2D eigenvalue weighted by atomic mass is 16.5. The van der Waals surface area contributed by atoms with Crippen LogP contribution in [0.4, 0.5) is 0 Å². The summed E-state index contributed by atoms with van der Waals surface area (Å²) in [6.07, 6.45) is 1.42. The Balaban J connectivity index is 3.51. The summed E-state index contributed by atoms with van der Waals surface area (Å²) in [5.74, 6) is 0.438. The predicted molar refractivity (Wildman–Crippen MR) is 42.8 cm³/mol. The van der Waals surface area contributed by atoms with Gasteiger partial charge in [-0.1, -0.05) is 13.8 Å². The Bertz CT molecular complexity index is 123. The predicted octanol–water partition coefficient (Wildman–Crippen LogP) is 0.206. The van der Waals surface area contributed by atoms with Crippen molar-refractivity contribution in [3.05, 3.63) is 0 Å². The molecule has 1 atom stereocenters. The van der Waals surface area contributed by atoms with Crippen LogP contribution in [-0.4, -0.2) is 19.1 Å². The van der Waals surface area contributed by atoms with Crippen LogP contribution in [0.1, 0.15) is 26.7 Å². The summed E-state index contributed by atoms with van der Waals surface area (Å²) in [5, 5.41) is 0. The molecule has 66 valence electrons. The van der Waals surface area contributed by atoms with E-state index in [4.69, 9.17) is 0 Å². The van der Waals surface area contributed by atoms with Gasteiger partial charge in [0.05, 0.1) is 19.6 Å². The third-order valence-electron chi connectivity index (χ3n) is 1.49. The quantitative estimate of drug-likeness (QED) is 0.597. The third kappa shape index (κ3) is 5.85. The first-order valence-electron chi connectivity index (χ1n) is 3.96. The molecule has 0 saturated heterocycles. The maximum Gasteiger partial charge on any atom is 0.311 e. The molecule has 1 unspecified atom stereocenters. The van der Waals surface area contributed by atoms with Crippen molar-refractivity contribution in [2.75, 3.05) is 7.11 Å². The maximum atomic E-state index is 10.7. The summed E-state index contributed by atoms with van der Waals surface area (Å²) in [5.41, 5.74) is 3.87. The monoisotopic (exact) mass is 160 g/mol. The van der Waals surface area contributed by atoms with E-state index >= 15 is 0 Å². The van der Waals surface area contributed by atoms with E-state index < -0.39 is 0 Å². The number of rotatable bonds is 4. The fourth-order valence-electron chi connectivity index (χ4n) is 1.07. The van der Waals surface area contributed by atoms with Gasteiger partial charge in [-0.25, -0.2) is 0 Å². The smallest absolute Gasteiger partial charge is 0.311 e. The first kappa shape index (κ1) is 10.4. The zero-order chi connectivity index (χ0) is 8.85. The molecule has 3 heteroatoms. The lowest BCUT2D eigenvalue weighted by molar-refractivity contribution is -0.422. The highest BCUT2D eigenvalue weighted by Gasteiger charge is 2.13. The van der Waals surface area contributed by atoms with Gasteiger partial charge in [-0.05, 0) is 5.92 Å². The van der Waals surface area contributed by atoms with Crippen LogP contribution in [0.5, 0.6) is 0 Å². The lowest BCUT2D eigenvalue weighted by Gasteiger charge is -2.08. The fraction of sp³-hybridized carbons (Fsp3) is 0.875. The molecule has 0 aliphatic heterocycles. The second-order valence-corrected chi connectivity index (χ2v) is 3.28. The van der Waals surface area contributed by atoms with E-state index in [0.717, 1.165) is 6.42 Å². The second kappa shape index (κ2) is 5.13.